The molecular formula is C20H21ClN2O2. The monoisotopic (exact) mass is 356 g/mol. The van der Waals surface area contributed by atoms with Crippen LogP contribution in [-0.2, 0) is 0 Å². The molecule has 1 N–H and O–H groups in total. The van der Waals surface area contributed by atoms with Crippen LogP contribution in [0.3, 0.4) is 0 Å². The van der Waals surface area contributed by atoms with E-state index in [9.17, 15) is 0 Å². The molecule has 0 unspecified atom stereocenters. The average molecular weight is 357 g/mol. The minimum atomic E-state index is 0.498. The SMILES string of the molecule is CCCOc1ccc(Oc2ccc3cc(NCC)ccc3n2)c(Cl)c1. The van der Waals surface area contributed by atoms with Crippen molar-refractivity contribution in [2.24, 2.45) is 0 Å². The molecule has 0 aliphatic heterocycles. The van der Waals surface area contributed by atoms with Crippen molar-refractivity contribution in [3.63, 3.8) is 0 Å². The van der Waals surface area contributed by atoms with Crippen LogP contribution >= 0.6 is 11.6 Å². The van der Waals surface area contributed by atoms with E-state index in [1.54, 1.807) is 12.1 Å². The van der Waals surface area contributed by atoms with Gasteiger partial charge in [0.25, 0.3) is 0 Å². The highest BCUT2D eigenvalue weighted by Gasteiger charge is 2.07. The first-order valence-corrected chi connectivity index (χ1v) is 8.82. The Morgan fingerprint density at radius 3 is 2.68 bits per heavy atom. The Kier molecular flexibility index (Phi) is 5.61. The van der Waals surface area contributed by atoms with Gasteiger partial charge in [0.05, 0.1) is 17.1 Å². The molecule has 0 saturated heterocycles. The molecule has 0 amide bonds. The lowest BCUT2D eigenvalue weighted by Crippen LogP contribution is -1.96. The third kappa shape index (κ3) is 4.34. The number of nitrogens with one attached hydrogen (secondary N) is 1. The molecule has 1 heterocycles. The topological polar surface area (TPSA) is 43.4 Å². The van der Waals surface area contributed by atoms with E-state index in [1.165, 1.54) is 0 Å². The first-order chi connectivity index (χ1) is 12.2. The Morgan fingerprint density at radius 2 is 1.92 bits per heavy atom. The van der Waals surface area contributed by atoms with Gasteiger partial charge in [0.15, 0.2) is 0 Å². The van der Waals surface area contributed by atoms with Gasteiger partial charge in [-0.3, -0.25) is 0 Å². The Hall–Kier alpha value is -2.46. The van der Waals surface area contributed by atoms with Gasteiger partial charge in [0.1, 0.15) is 11.5 Å². The molecule has 0 aliphatic carbocycles. The lowest BCUT2D eigenvalue weighted by atomic mass is 10.2. The second kappa shape index (κ2) is 8.08. The van der Waals surface area contributed by atoms with Crippen molar-refractivity contribution in [3.05, 3.63) is 53.6 Å². The maximum absolute atomic E-state index is 6.29. The Balaban J connectivity index is 1.79. The molecule has 130 valence electrons. The first-order valence-electron chi connectivity index (χ1n) is 8.44. The van der Waals surface area contributed by atoms with Crippen LogP contribution in [0.25, 0.3) is 10.9 Å². The van der Waals surface area contributed by atoms with Crippen molar-refractivity contribution in [1.82, 2.24) is 4.98 Å². The van der Waals surface area contributed by atoms with Gasteiger partial charge in [0, 0.05) is 29.8 Å². The molecule has 1 aromatic heterocycles. The van der Waals surface area contributed by atoms with Gasteiger partial charge in [-0.2, -0.15) is 0 Å². The molecule has 5 heteroatoms. The van der Waals surface area contributed by atoms with Crippen LogP contribution < -0.4 is 14.8 Å². The molecule has 0 radical (unpaired) electrons. The summed E-state index contributed by atoms with van der Waals surface area (Å²) in [6.07, 6.45) is 0.951. The van der Waals surface area contributed by atoms with Crippen molar-refractivity contribution < 1.29 is 9.47 Å². The number of halogens is 1. The smallest absolute Gasteiger partial charge is 0.219 e. The zero-order valence-corrected chi connectivity index (χ0v) is 15.1. The van der Waals surface area contributed by atoms with Crippen LogP contribution in [0.2, 0.25) is 5.02 Å². The van der Waals surface area contributed by atoms with E-state index in [-0.39, 0.29) is 0 Å². The van der Waals surface area contributed by atoms with Crippen molar-refractivity contribution in [3.8, 4) is 17.4 Å². The maximum Gasteiger partial charge on any atom is 0.219 e. The summed E-state index contributed by atoms with van der Waals surface area (Å²) in [5.41, 5.74) is 1.95. The lowest BCUT2D eigenvalue weighted by Gasteiger charge is -2.10. The molecule has 0 bridgehead atoms. The van der Waals surface area contributed by atoms with Gasteiger partial charge in [-0.1, -0.05) is 18.5 Å². The van der Waals surface area contributed by atoms with Gasteiger partial charge in [-0.05, 0) is 49.7 Å². The van der Waals surface area contributed by atoms with Gasteiger partial charge in [-0.25, -0.2) is 4.98 Å². The molecule has 2 aromatic carbocycles. The highest BCUT2D eigenvalue weighted by atomic mass is 35.5. The average Bonchev–Trinajstić information content (AvgIpc) is 2.62. The quantitative estimate of drug-likeness (QED) is 0.572. The van der Waals surface area contributed by atoms with Crippen molar-refractivity contribution in [2.75, 3.05) is 18.5 Å². The number of nitrogens with zero attached hydrogens (tertiary/aromatic N) is 1. The number of ether oxygens (including phenoxy) is 2. The standard InChI is InChI=1S/C20H21ClN2O2/c1-3-11-24-16-7-9-19(17(21)13-16)25-20-10-5-14-12-15(22-4-2)6-8-18(14)23-20/h5-10,12-13,22H,3-4,11H2,1-2H3. The zero-order valence-electron chi connectivity index (χ0n) is 14.4. The molecule has 0 saturated carbocycles. The molecule has 0 spiro atoms. The summed E-state index contributed by atoms with van der Waals surface area (Å²) in [6.45, 7) is 5.68. The number of hydrogen-bond donors (Lipinski definition) is 1. The summed E-state index contributed by atoms with van der Waals surface area (Å²) in [6, 6.07) is 15.3. The lowest BCUT2D eigenvalue weighted by molar-refractivity contribution is 0.317. The largest absolute Gasteiger partial charge is 0.494 e. The van der Waals surface area contributed by atoms with E-state index in [1.807, 2.05) is 30.3 Å². The van der Waals surface area contributed by atoms with Gasteiger partial charge >= 0.3 is 0 Å². The maximum atomic E-state index is 6.29. The molecule has 4 nitrogen and oxygen atoms in total. The first kappa shape index (κ1) is 17.4. The van der Waals surface area contributed by atoms with E-state index >= 15 is 0 Å². The summed E-state index contributed by atoms with van der Waals surface area (Å²) < 4.78 is 11.4. The number of pyridine rings is 1. The van der Waals surface area contributed by atoms with Crippen LogP contribution in [-0.4, -0.2) is 18.1 Å². The number of anilines is 1. The van der Waals surface area contributed by atoms with E-state index in [0.717, 1.165) is 35.3 Å². The molecule has 25 heavy (non-hydrogen) atoms. The summed E-state index contributed by atoms with van der Waals surface area (Å²) in [5.74, 6) is 1.80. The van der Waals surface area contributed by atoms with Crippen molar-refractivity contribution in [2.45, 2.75) is 20.3 Å². The van der Waals surface area contributed by atoms with Crippen molar-refractivity contribution >= 4 is 28.2 Å². The van der Waals surface area contributed by atoms with E-state index in [4.69, 9.17) is 21.1 Å². The number of aromatic nitrogens is 1. The predicted octanol–water partition coefficient (Wildman–Crippen LogP) is 5.90. The van der Waals surface area contributed by atoms with Crippen LogP contribution in [0.5, 0.6) is 17.4 Å². The van der Waals surface area contributed by atoms with Crippen LogP contribution in [0.15, 0.2) is 48.5 Å². The highest BCUT2D eigenvalue weighted by molar-refractivity contribution is 6.32. The second-order valence-electron chi connectivity index (χ2n) is 5.63. The summed E-state index contributed by atoms with van der Waals surface area (Å²) in [7, 11) is 0. The fourth-order valence-electron chi connectivity index (χ4n) is 2.46. The third-order valence-corrected chi connectivity index (χ3v) is 3.93. The van der Waals surface area contributed by atoms with E-state index in [0.29, 0.717) is 23.3 Å². The molecule has 0 atom stereocenters. The Labute approximate surface area is 152 Å². The van der Waals surface area contributed by atoms with Crippen LogP contribution in [0.4, 0.5) is 5.69 Å². The Bertz CT molecular complexity index is 867. The van der Waals surface area contributed by atoms with Gasteiger partial charge in [0.2, 0.25) is 5.88 Å². The third-order valence-electron chi connectivity index (χ3n) is 3.64. The normalized spacial score (nSPS) is 10.7. The summed E-state index contributed by atoms with van der Waals surface area (Å²) in [4.78, 5) is 4.54. The molecular weight excluding hydrogens is 336 g/mol. The number of benzene rings is 2. The summed E-state index contributed by atoms with van der Waals surface area (Å²) in [5, 5.41) is 4.85. The van der Waals surface area contributed by atoms with E-state index < -0.39 is 0 Å². The summed E-state index contributed by atoms with van der Waals surface area (Å²) >= 11 is 6.29. The molecule has 3 aromatic rings. The van der Waals surface area contributed by atoms with Crippen LogP contribution in [0.1, 0.15) is 20.3 Å². The number of fused-ring (bicyclic) bond motifs is 1. The van der Waals surface area contributed by atoms with E-state index in [2.05, 4.69) is 30.2 Å². The minimum absolute atomic E-state index is 0.498. The molecule has 0 aliphatic rings. The number of rotatable bonds is 7. The minimum Gasteiger partial charge on any atom is -0.494 e. The predicted molar refractivity (Wildman–Crippen MR) is 103 cm³/mol. The van der Waals surface area contributed by atoms with Crippen molar-refractivity contribution in [1.29, 1.82) is 0 Å². The Morgan fingerprint density at radius 1 is 1.04 bits per heavy atom. The van der Waals surface area contributed by atoms with Gasteiger partial charge in [-0.15, -0.1) is 0 Å². The second-order valence-corrected chi connectivity index (χ2v) is 6.04. The van der Waals surface area contributed by atoms with Crippen LogP contribution in [0, 0.1) is 0 Å². The molecule has 0 fully saturated rings. The molecule has 3 rings (SSSR count). The zero-order chi connectivity index (χ0) is 17.6. The fraction of sp³-hybridized carbons (Fsp3) is 0.250. The fourth-order valence-corrected chi connectivity index (χ4v) is 2.67. The highest BCUT2D eigenvalue weighted by Crippen LogP contribution is 2.32. The van der Waals surface area contributed by atoms with Gasteiger partial charge < -0.3 is 14.8 Å². The number of hydrogen-bond acceptors (Lipinski definition) is 4.